The molecule has 20 heavy (non-hydrogen) atoms. The summed E-state index contributed by atoms with van der Waals surface area (Å²) in [5.74, 6) is -0.398. The van der Waals surface area contributed by atoms with E-state index in [9.17, 15) is 4.79 Å². The lowest BCUT2D eigenvalue weighted by molar-refractivity contribution is 0.0696. The first-order chi connectivity index (χ1) is 9.70. The highest BCUT2D eigenvalue weighted by Crippen LogP contribution is 2.16. The zero-order chi connectivity index (χ0) is 14.4. The van der Waals surface area contributed by atoms with Crippen LogP contribution in [-0.2, 0) is 0 Å². The molecular weight excluding hydrogens is 254 g/mol. The molecule has 0 fully saturated rings. The van der Waals surface area contributed by atoms with Gasteiger partial charge in [-0.05, 0) is 37.3 Å². The molecule has 0 saturated heterocycles. The molecule has 1 N–H and O–H groups in total. The number of hydrogen-bond acceptors (Lipinski definition) is 3. The van der Waals surface area contributed by atoms with E-state index in [-0.39, 0.29) is 5.56 Å². The van der Waals surface area contributed by atoms with Crippen molar-refractivity contribution in [2.24, 2.45) is 0 Å². The van der Waals surface area contributed by atoms with E-state index in [2.05, 4.69) is 4.90 Å². The molecule has 0 amide bonds. The van der Waals surface area contributed by atoms with Gasteiger partial charge in [0.05, 0.1) is 5.56 Å². The number of rotatable bonds is 6. The van der Waals surface area contributed by atoms with Gasteiger partial charge in [0.2, 0.25) is 0 Å². The molecule has 2 aromatic carbocycles. The highest BCUT2D eigenvalue weighted by molar-refractivity contribution is 5.88. The summed E-state index contributed by atoms with van der Waals surface area (Å²) in [5, 5.41) is 8.94. The van der Waals surface area contributed by atoms with Gasteiger partial charge in [-0.15, -0.1) is 0 Å². The van der Waals surface area contributed by atoms with Crippen LogP contribution in [0.5, 0.6) is 5.75 Å². The highest BCUT2D eigenvalue weighted by Gasteiger charge is 2.06. The first-order valence-corrected chi connectivity index (χ1v) is 6.47. The average Bonchev–Trinajstić information content (AvgIpc) is 2.49. The molecule has 4 nitrogen and oxygen atoms in total. The van der Waals surface area contributed by atoms with E-state index < -0.39 is 5.97 Å². The fourth-order valence-electron chi connectivity index (χ4n) is 1.86. The third-order valence-corrected chi connectivity index (χ3v) is 2.97. The Balaban J connectivity index is 2.03. The summed E-state index contributed by atoms with van der Waals surface area (Å²) in [7, 11) is 0. The van der Waals surface area contributed by atoms with Crippen LogP contribution in [0, 0.1) is 0 Å². The average molecular weight is 271 g/mol. The molecule has 0 unspecified atom stereocenters. The van der Waals surface area contributed by atoms with Gasteiger partial charge in [-0.3, -0.25) is 0 Å². The smallest absolute Gasteiger partial charge is 0.335 e. The van der Waals surface area contributed by atoms with E-state index >= 15 is 0 Å². The molecule has 2 aromatic rings. The van der Waals surface area contributed by atoms with Crippen LogP contribution < -0.4 is 9.64 Å². The molecule has 0 aromatic heterocycles. The van der Waals surface area contributed by atoms with Gasteiger partial charge >= 0.3 is 5.97 Å². The lowest BCUT2D eigenvalue weighted by atomic mass is 10.2. The molecule has 0 radical (unpaired) electrons. The monoisotopic (exact) mass is 271 g/mol. The third kappa shape index (κ3) is 3.51. The Morgan fingerprint density at radius 1 is 1.15 bits per heavy atom. The zero-order valence-electron chi connectivity index (χ0n) is 11.3. The van der Waals surface area contributed by atoms with Crippen molar-refractivity contribution in [1.29, 1.82) is 0 Å². The highest BCUT2D eigenvalue weighted by atomic mass is 16.5. The number of carboxylic acids is 1. The van der Waals surface area contributed by atoms with Gasteiger partial charge in [-0.1, -0.05) is 24.3 Å². The van der Waals surface area contributed by atoms with Crippen LogP contribution in [0.3, 0.4) is 0 Å². The van der Waals surface area contributed by atoms with Crippen molar-refractivity contribution >= 4 is 11.7 Å². The minimum Gasteiger partial charge on any atom is -0.478 e. The Labute approximate surface area is 118 Å². The van der Waals surface area contributed by atoms with E-state index in [1.807, 2.05) is 37.3 Å². The van der Waals surface area contributed by atoms with Crippen LogP contribution in [0.15, 0.2) is 54.6 Å². The van der Waals surface area contributed by atoms with Crippen molar-refractivity contribution < 1.29 is 14.6 Å². The summed E-state index contributed by atoms with van der Waals surface area (Å²) in [6.45, 7) is 3.23. The van der Waals surface area contributed by atoms with Crippen LogP contribution in [0.4, 0.5) is 5.69 Å². The minimum absolute atomic E-state index is 0.227. The molecule has 0 aliphatic heterocycles. The van der Waals surface area contributed by atoms with E-state index in [4.69, 9.17) is 9.84 Å². The minimum atomic E-state index is -0.953. The first-order valence-electron chi connectivity index (χ1n) is 6.47. The number of carboxylic acid groups (broad SMARTS) is 1. The fourth-order valence-corrected chi connectivity index (χ4v) is 1.86. The lowest BCUT2D eigenvalue weighted by Crippen LogP contribution is -2.27. The maximum Gasteiger partial charge on any atom is 0.335 e. The molecular formula is C16H17NO3. The molecule has 0 aliphatic rings. The van der Waals surface area contributed by atoms with Gasteiger partial charge < -0.3 is 14.7 Å². The second kappa shape index (κ2) is 6.61. The number of ether oxygens (including phenoxy) is 1. The lowest BCUT2D eigenvalue weighted by Gasteiger charge is -2.23. The maximum atomic E-state index is 10.9. The molecule has 0 saturated carbocycles. The van der Waals surface area contributed by atoms with E-state index in [0.717, 1.165) is 12.2 Å². The number of hydrogen-bond donors (Lipinski definition) is 1. The second-order valence-electron chi connectivity index (χ2n) is 4.30. The van der Waals surface area contributed by atoms with Crippen LogP contribution in [-0.4, -0.2) is 24.4 Å². The number of nitrogens with zero attached hydrogens (tertiary/aromatic N) is 1. The van der Waals surface area contributed by atoms with Crippen molar-refractivity contribution in [3.05, 3.63) is 60.2 Å². The Kier molecular flexibility index (Phi) is 4.60. The van der Waals surface area contributed by atoms with E-state index in [0.29, 0.717) is 12.5 Å². The van der Waals surface area contributed by atoms with Crippen molar-refractivity contribution in [3.63, 3.8) is 0 Å². The van der Waals surface area contributed by atoms with Crippen molar-refractivity contribution in [3.8, 4) is 5.75 Å². The molecule has 104 valence electrons. The summed E-state index contributed by atoms with van der Waals surface area (Å²) in [4.78, 5) is 13.0. The van der Waals surface area contributed by atoms with Crippen LogP contribution in [0.2, 0.25) is 0 Å². The SMILES string of the molecule is CCN(COc1cccc(C(=O)O)c1)c1ccccc1. The Bertz CT molecular complexity index is 569. The molecule has 2 rings (SSSR count). The predicted molar refractivity (Wildman–Crippen MR) is 78.4 cm³/mol. The molecule has 0 aliphatic carbocycles. The number of aromatic carboxylic acids is 1. The zero-order valence-corrected chi connectivity index (χ0v) is 11.3. The Morgan fingerprint density at radius 3 is 2.55 bits per heavy atom. The number of para-hydroxylation sites is 1. The van der Waals surface area contributed by atoms with Gasteiger partial charge in [-0.2, -0.15) is 0 Å². The Hall–Kier alpha value is -2.49. The molecule has 0 heterocycles. The van der Waals surface area contributed by atoms with Gasteiger partial charge in [0.25, 0.3) is 0 Å². The summed E-state index contributed by atoms with van der Waals surface area (Å²) < 4.78 is 5.67. The third-order valence-electron chi connectivity index (χ3n) is 2.97. The summed E-state index contributed by atoms with van der Waals surface area (Å²) in [5.41, 5.74) is 1.30. The van der Waals surface area contributed by atoms with E-state index in [1.54, 1.807) is 18.2 Å². The quantitative estimate of drug-likeness (QED) is 0.819. The van der Waals surface area contributed by atoms with Crippen LogP contribution >= 0.6 is 0 Å². The van der Waals surface area contributed by atoms with Crippen molar-refractivity contribution in [2.45, 2.75) is 6.92 Å². The fraction of sp³-hybridized carbons (Fsp3) is 0.188. The topological polar surface area (TPSA) is 49.8 Å². The molecule has 4 heteroatoms. The standard InChI is InChI=1S/C16H17NO3/c1-2-17(14-8-4-3-5-9-14)12-20-15-10-6-7-13(11-15)16(18)19/h3-11H,2,12H2,1H3,(H,18,19). The number of carbonyl (C=O) groups is 1. The van der Waals surface area contributed by atoms with Gasteiger partial charge in [0.1, 0.15) is 5.75 Å². The van der Waals surface area contributed by atoms with Crippen LogP contribution in [0.25, 0.3) is 0 Å². The second-order valence-corrected chi connectivity index (χ2v) is 4.30. The molecule has 0 spiro atoms. The van der Waals surface area contributed by atoms with Gasteiger partial charge in [0, 0.05) is 12.2 Å². The van der Waals surface area contributed by atoms with Crippen molar-refractivity contribution in [2.75, 3.05) is 18.2 Å². The maximum absolute atomic E-state index is 10.9. The number of benzene rings is 2. The first kappa shape index (κ1) is 13.9. The largest absolute Gasteiger partial charge is 0.478 e. The summed E-state index contributed by atoms with van der Waals surface area (Å²) in [6, 6.07) is 16.5. The number of anilines is 1. The van der Waals surface area contributed by atoms with Crippen LogP contribution in [0.1, 0.15) is 17.3 Å². The normalized spacial score (nSPS) is 10.1. The van der Waals surface area contributed by atoms with Gasteiger partial charge in [-0.25, -0.2) is 4.79 Å². The van der Waals surface area contributed by atoms with Crippen molar-refractivity contribution in [1.82, 2.24) is 0 Å². The summed E-state index contributed by atoms with van der Waals surface area (Å²) in [6.07, 6.45) is 0. The molecule has 0 atom stereocenters. The van der Waals surface area contributed by atoms with Gasteiger partial charge in [0.15, 0.2) is 6.73 Å². The van der Waals surface area contributed by atoms with E-state index in [1.165, 1.54) is 6.07 Å². The Morgan fingerprint density at radius 2 is 1.90 bits per heavy atom. The summed E-state index contributed by atoms with van der Waals surface area (Å²) >= 11 is 0. The predicted octanol–water partition coefficient (Wildman–Crippen LogP) is 3.25. The molecule has 0 bridgehead atoms.